The molecule has 0 aliphatic heterocycles. The molecule has 0 saturated carbocycles. The number of amides is 1. The third kappa shape index (κ3) is 3.92. The molecule has 0 spiro atoms. The molecule has 0 radical (unpaired) electrons. The van der Waals surface area contributed by atoms with E-state index in [1.54, 1.807) is 42.9 Å². The van der Waals surface area contributed by atoms with Gasteiger partial charge in [-0.15, -0.1) is 11.3 Å². The van der Waals surface area contributed by atoms with Crippen molar-refractivity contribution in [3.8, 4) is 5.69 Å². The van der Waals surface area contributed by atoms with Crippen LogP contribution in [0, 0.1) is 12.7 Å². The second-order valence-corrected chi connectivity index (χ2v) is 8.38. The number of nitrogens with one attached hydrogen (secondary N) is 1. The second-order valence-electron chi connectivity index (χ2n) is 6.95. The Kier molecular flexibility index (Phi) is 5.86. The summed E-state index contributed by atoms with van der Waals surface area (Å²) in [6.07, 6.45) is 0. The number of para-hydroxylation sites is 1. The van der Waals surface area contributed by atoms with Crippen molar-refractivity contribution < 1.29 is 18.7 Å². The predicted molar refractivity (Wildman–Crippen MR) is 121 cm³/mol. The van der Waals surface area contributed by atoms with Crippen molar-refractivity contribution in [3.63, 3.8) is 0 Å². The quantitative estimate of drug-likeness (QED) is 0.438. The molecule has 0 saturated heterocycles. The van der Waals surface area contributed by atoms with E-state index in [9.17, 15) is 18.8 Å². The van der Waals surface area contributed by atoms with Crippen molar-refractivity contribution in [3.05, 3.63) is 80.3 Å². The van der Waals surface area contributed by atoms with E-state index in [1.165, 1.54) is 22.9 Å². The molecule has 4 rings (SSSR count). The summed E-state index contributed by atoms with van der Waals surface area (Å²) in [6.45, 7) is 1.08. The Balaban J connectivity index is 1.49. The molecule has 0 atom stereocenters. The molecule has 0 aliphatic rings. The van der Waals surface area contributed by atoms with E-state index in [0.29, 0.717) is 21.5 Å². The van der Waals surface area contributed by atoms with Crippen molar-refractivity contribution in [2.45, 2.75) is 6.92 Å². The number of aromatic nitrogens is 2. The number of hydrogen-bond donors (Lipinski definition) is 1. The zero-order valence-corrected chi connectivity index (χ0v) is 18.6. The monoisotopic (exact) mass is 473 g/mol. The topological polar surface area (TPSA) is 82.3 Å². The third-order valence-corrected chi connectivity index (χ3v) is 6.57. The maximum Gasteiger partial charge on any atom is 0.350 e. The van der Waals surface area contributed by atoms with Crippen LogP contribution in [0.3, 0.4) is 0 Å². The highest BCUT2D eigenvalue weighted by Crippen LogP contribution is 2.36. The van der Waals surface area contributed by atoms with Gasteiger partial charge in [-0.05, 0) is 37.3 Å². The molecular weight excluding hydrogens is 457 g/mol. The van der Waals surface area contributed by atoms with E-state index in [1.807, 2.05) is 6.07 Å². The van der Waals surface area contributed by atoms with E-state index in [4.69, 9.17) is 16.3 Å². The molecule has 0 fully saturated rings. The van der Waals surface area contributed by atoms with Crippen molar-refractivity contribution in [1.82, 2.24) is 9.36 Å². The summed E-state index contributed by atoms with van der Waals surface area (Å²) in [6, 6.07) is 13.0. The van der Waals surface area contributed by atoms with E-state index in [-0.39, 0.29) is 15.6 Å². The van der Waals surface area contributed by atoms with E-state index < -0.39 is 29.9 Å². The average Bonchev–Trinajstić information content (AvgIpc) is 3.21. The minimum atomic E-state index is -0.807. The van der Waals surface area contributed by atoms with Crippen molar-refractivity contribution >= 4 is 50.6 Å². The molecule has 0 unspecified atom stereocenters. The van der Waals surface area contributed by atoms with E-state index in [0.717, 1.165) is 11.3 Å². The Morgan fingerprint density at radius 1 is 1.19 bits per heavy atom. The number of anilines is 1. The SMILES string of the molecule is Cc1c(NC(=O)COC(=O)c2sc3cc(F)ccc3c2Cl)c(=O)n(-c2ccccc2)n1C. The van der Waals surface area contributed by atoms with Crippen molar-refractivity contribution in [2.75, 3.05) is 11.9 Å². The van der Waals surface area contributed by atoms with Gasteiger partial charge in [0.15, 0.2) is 6.61 Å². The van der Waals surface area contributed by atoms with Crippen LogP contribution >= 0.6 is 22.9 Å². The molecule has 7 nitrogen and oxygen atoms in total. The maximum absolute atomic E-state index is 13.4. The summed E-state index contributed by atoms with van der Waals surface area (Å²) in [5.74, 6) is -1.93. The summed E-state index contributed by atoms with van der Waals surface area (Å²) < 4.78 is 22.0. The zero-order chi connectivity index (χ0) is 23.0. The van der Waals surface area contributed by atoms with Gasteiger partial charge in [0.1, 0.15) is 16.4 Å². The van der Waals surface area contributed by atoms with E-state index in [2.05, 4.69) is 5.32 Å². The normalized spacial score (nSPS) is 11.0. The van der Waals surface area contributed by atoms with Gasteiger partial charge < -0.3 is 10.1 Å². The van der Waals surface area contributed by atoms with Gasteiger partial charge in [-0.1, -0.05) is 29.8 Å². The summed E-state index contributed by atoms with van der Waals surface area (Å²) >= 11 is 7.18. The van der Waals surface area contributed by atoms with Gasteiger partial charge >= 0.3 is 5.97 Å². The highest BCUT2D eigenvalue weighted by molar-refractivity contribution is 7.21. The minimum Gasteiger partial charge on any atom is -0.451 e. The lowest BCUT2D eigenvalue weighted by Crippen LogP contribution is -2.25. The number of carbonyl (C=O) groups excluding carboxylic acids is 2. The van der Waals surface area contributed by atoms with Crippen LogP contribution in [0.25, 0.3) is 15.8 Å². The van der Waals surface area contributed by atoms with Crippen molar-refractivity contribution in [1.29, 1.82) is 0 Å². The Hall–Kier alpha value is -3.43. The van der Waals surface area contributed by atoms with Gasteiger partial charge in [0.25, 0.3) is 11.5 Å². The highest BCUT2D eigenvalue weighted by Gasteiger charge is 2.22. The molecule has 2 heterocycles. The first-order valence-corrected chi connectivity index (χ1v) is 10.7. The smallest absolute Gasteiger partial charge is 0.350 e. The average molecular weight is 474 g/mol. The van der Waals surface area contributed by atoms with E-state index >= 15 is 0 Å². The molecule has 4 aromatic rings. The highest BCUT2D eigenvalue weighted by atomic mass is 35.5. The molecular formula is C22H17ClFN3O4S. The fourth-order valence-corrected chi connectivity index (χ4v) is 4.68. The van der Waals surface area contributed by atoms with Gasteiger partial charge in [-0.3, -0.25) is 14.3 Å². The lowest BCUT2D eigenvalue weighted by molar-refractivity contribution is -0.119. The van der Waals surface area contributed by atoms with Gasteiger partial charge in [0.2, 0.25) is 0 Å². The first-order chi connectivity index (χ1) is 15.3. The molecule has 2 aromatic carbocycles. The third-order valence-electron chi connectivity index (χ3n) is 4.93. The lowest BCUT2D eigenvalue weighted by Gasteiger charge is -2.07. The molecule has 1 N–H and O–H groups in total. The number of nitrogens with zero attached hydrogens (tertiary/aromatic N) is 2. The molecule has 164 valence electrons. The number of esters is 1. The Morgan fingerprint density at radius 3 is 2.62 bits per heavy atom. The van der Waals surface area contributed by atoms with Crippen LogP contribution < -0.4 is 10.9 Å². The minimum absolute atomic E-state index is 0.0717. The van der Waals surface area contributed by atoms with Crippen molar-refractivity contribution in [2.24, 2.45) is 7.05 Å². The first kappa shape index (κ1) is 21.8. The molecule has 0 aliphatic carbocycles. The maximum atomic E-state index is 13.4. The Labute approximate surface area is 190 Å². The molecule has 2 aromatic heterocycles. The van der Waals surface area contributed by atoms with Gasteiger partial charge in [0, 0.05) is 17.1 Å². The zero-order valence-electron chi connectivity index (χ0n) is 17.0. The van der Waals surface area contributed by atoms with Crippen LogP contribution in [0.5, 0.6) is 0 Å². The van der Waals surface area contributed by atoms with Gasteiger partial charge in [-0.25, -0.2) is 13.9 Å². The summed E-state index contributed by atoms with van der Waals surface area (Å²) in [7, 11) is 1.70. The molecule has 1 amide bonds. The van der Waals surface area contributed by atoms with Crippen LogP contribution in [0.1, 0.15) is 15.4 Å². The number of hydrogen-bond acceptors (Lipinski definition) is 5. The molecule has 0 bridgehead atoms. The van der Waals surface area contributed by atoms with Gasteiger partial charge in [-0.2, -0.15) is 0 Å². The standard InChI is InChI=1S/C22H17ClFN3O4S/c1-12-19(21(29)27(26(12)2)14-6-4-3-5-7-14)25-17(28)11-31-22(30)20-18(23)15-9-8-13(24)10-16(15)32-20/h3-10H,11H2,1-2H3,(H,25,28). The number of halogens is 2. The van der Waals surface area contributed by atoms with Crippen LogP contribution in [-0.2, 0) is 16.6 Å². The number of thiophene rings is 1. The second kappa shape index (κ2) is 8.60. The van der Waals surface area contributed by atoms with Crippen LogP contribution in [0.4, 0.5) is 10.1 Å². The Bertz CT molecular complexity index is 1410. The fourth-order valence-electron chi connectivity index (χ4n) is 3.25. The van der Waals surface area contributed by atoms with Gasteiger partial charge in [0.05, 0.1) is 16.4 Å². The first-order valence-electron chi connectivity index (χ1n) is 9.46. The lowest BCUT2D eigenvalue weighted by atomic mass is 10.2. The number of rotatable bonds is 5. The van der Waals surface area contributed by atoms with Crippen LogP contribution in [-0.4, -0.2) is 27.8 Å². The summed E-state index contributed by atoms with van der Waals surface area (Å²) in [4.78, 5) is 37.7. The van der Waals surface area contributed by atoms with Crippen LogP contribution in [0.15, 0.2) is 53.3 Å². The largest absolute Gasteiger partial charge is 0.451 e. The summed E-state index contributed by atoms with van der Waals surface area (Å²) in [5.41, 5.74) is 0.859. The Morgan fingerprint density at radius 2 is 1.91 bits per heavy atom. The number of carbonyl (C=O) groups is 2. The predicted octanol–water partition coefficient (Wildman–Crippen LogP) is 4.29. The molecule has 10 heteroatoms. The summed E-state index contributed by atoms with van der Waals surface area (Å²) in [5, 5.41) is 3.18. The molecule has 32 heavy (non-hydrogen) atoms. The fraction of sp³-hybridized carbons (Fsp3) is 0.136. The number of benzene rings is 2. The number of ether oxygens (including phenoxy) is 1. The number of fused-ring (bicyclic) bond motifs is 1. The van der Waals surface area contributed by atoms with Crippen LogP contribution in [0.2, 0.25) is 5.02 Å².